The van der Waals surface area contributed by atoms with Crippen molar-refractivity contribution >= 4 is 11.9 Å². The largest absolute Gasteiger partial charge is 0.478 e. The van der Waals surface area contributed by atoms with Crippen molar-refractivity contribution in [2.24, 2.45) is 0 Å². The number of carbonyl (C=O) groups excluding carboxylic acids is 1. The van der Waals surface area contributed by atoms with Crippen molar-refractivity contribution in [1.29, 1.82) is 0 Å². The fourth-order valence-electron chi connectivity index (χ4n) is 4.69. The maximum Gasteiger partial charge on any atom is 0.434 e. The molecule has 1 saturated heterocycles. The third-order valence-corrected chi connectivity index (χ3v) is 6.31. The first-order valence-electron chi connectivity index (χ1n) is 11.6. The molecular weight excluding hydrogens is 459 g/mol. The molecule has 6 nitrogen and oxygen atoms in total. The lowest BCUT2D eigenvalue weighted by Gasteiger charge is -2.36. The molecule has 0 spiro atoms. The van der Waals surface area contributed by atoms with E-state index in [4.69, 9.17) is 0 Å². The summed E-state index contributed by atoms with van der Waals surface area (Å²) in [6.45, 7) is 2.82. The van der Waals surface area contributed by atoms with Gasteiger partial charge in [-0.3, -0.25) is 4.79 Å². The van der Waals surface area contributed by atoms with E-state index in [0.717, 1.165) is 32.1 Å². The van der Waals surface area contributed by atoms with Crippen LogP contribution in [-0.2, 0) is 6.18 Å². The molecule has 2 aromatic carbocycles. The summed E-state index contributed by atoms with van der Waals surface area (Å²) in [6, 6.07) is 13.5. The van der Waals surface area contributed by atoms with Crippen LogP contribution >= 0.6 is 0 Å². The van der Waals surface area contributed by atoms with Gasteiger partial charge in [-0.2, -0.15) is 18.3 Å². The number of piperidine rings is 1. The number of carboxylic acid groups (broad SMARTS) is 1. The van der Waals surface area contributed by atoms with Crippen molar-refractivity contribution in [2.75, 3.05) is 6.54 Å². The zero-order valence-corrected chi connectivity index (χ0v) is 19.3. The van der Waals surface area contributed by atoms with Gasteiger partial charge in [0.05, 0.1) is 11.9 Å². The summed E-state index contributed by atoms with van der Waals surface area (Å²) < 4.78 is 41.5. The molecule has 1 amide bonds. The lowest BCUT2D eigenvalue weighted by molar-refractivity contribution is -0.143. The van der Waals surface area contributed by atoms with Gasteiger partial charge >= 0.3 is 12.1 Å². The van der Waals surface area contributed by atoms with Gasteiger partial charge in [0.1, 0.15) is 5.56 Å². The van der Waals surface area contributed by atoms with Crippen LogP contribution in [0.15, 0.2) is 54.7 Å². The van der Waals surface area contributed by atoms with Gasteiger partial charge in [-0.05, 0) is 61.1 Å². The summed E-state index contributed by atoms with van der Waals surface area (Å²) in [5.41, 5.74) is -0.420. The Bertz CT molecular complexity index is 1230. The van der Waals surface area contributed by atoms with E-state index in [1.54, 1.807) is 36.4 Å². The lowest BCUT2D eigenvalue weighted by atomic mass is 9.96. The van der Waals surface area contributed by atoms with Gasteiger partial charge < -0.3 is 10.0 Å². The number of hydrogen-bond acceptors (Lipinski definition) is 3. The number of aromatic nitrogens is 2. The summed E-state index contributed by atoms with van der Waals surface area (Å²) in [5, 5.41) is 12.9. The van der Waals surface area contributed by atoms with Crippen molar-refractivity contribution in [3.05, 3.63) is 71.5 Å². The molecule has 1 aromatic heterocycles. The molecule has 2 heterocycles. The first-order chi connectivity index (χ1) is 16.7. The Hall–Kier alpha value is -3.62. The maximum absolute atomic E-state index is 13.7. The van der Waals surface area contributed by atoms with Crippen LogP contribution < -0.4 is 0 Å². The number of hydrogen-bond donors (Lipinski definition) is 1. The van der Waals surface area contributed by atoms with Crippen LogP contribution in [-0.4, -0.2) is 44.3 Å². The van der Waals surface area contributed by atoms with E-state index in [9.17, 15) is 27.9 Å². The summed E-state index contributed by atoms with van der Waals surface area (Å²) >= 11 is 0. The van der Waals surface area contributed by atoms with Crippen molar-refractivity contribution in [3.8, 4) is 16.8 Å². The molecule has 1 atom stereocenters. The Morgan fingerprint density at radius 2 is 1.80 bits per heavy atom. The highest BCUT2D eigenvalue weighted by Crippen LogP contribution is 2.34. The number of likely N-dealkylation sites (tertiary alicyclic amines) is 1. The predicted octanol–water partition coefficient (Wildman–Crippen LogP) is 6.05. The molecule has 1 aliphatic heterocycles. The molecule has 0 radical (unpaired) electrons. The van der Waals surface area contributed by atoms with Gasteiger partial charge in [-0.15, -0.1) is 0 Å². The average molecular weight is 486 g/mol. The Labute approximate surface area is 201 Å². The minimum Gasteiger partial charge on any atom is -0.478 e. The Balaban J connectivity index is 1.68. The zero-order valence-electron chi connectivity index (χ0n) is 19.3. The Morgan fingerprint density at radius 1 is 1.09 bits per heavy atom. The second-order valence-corrected chi connectivity index (χ2v) is 8.69. The number of carbonyl (C=O) groups is 2. The molecule has 1 N–H and O–H groups in total. The predicted molar refractivity (Wildman–Crippen MR) is 125 cm³/mol. The standard InChI is InChI=1S/C26H26F3N3O3/c1-2-7-20-11-3-4-13-31(20)24(33)19-10-5-8-17(14-19)18-9-6-12-21(15-18)32-23(26(27,28)29)22(16-30-32)25(34)35/h5-6,8-10,12,14-16,20H,2-4,7,11,13H2,1H3,(H,34,35). The van der Waals surface area contributed by atoms with Crippen LogP contribution in [0.4, 0.5) is 13.2 Å². The van der Waals surface area contributed by atoms with E-state index in [1.807, 2.05) is 4.90 Å². The summed E-state index contributed by atoms with van der Waals surface area (Å²) in [7, 11) is 0. The van der Waals surface area contributed by atoms with Gasteiger partial charge in [0.2, 0.25) is 0 Å². The highest BCUT2D eigenvalue weighted by atomic mass is 19.4. The second kappa shape index (κ2) is 9.93. The normalized spacial score (nSPS) is 16.3. The number of halogens is 3. The smallest absolute Gasteiger partial charge is 0.434 e. The Morgan fingerprint density at radius 3 is 2.49 bits per heavy atom. The number of amides is 1. The van der Waals surface area contributed by atoms with Crippen LogP contribution in [0.3, 0.4) is 0 Å². The monoisotopic (exact) mass is 485 g/mol. The minimum atomic E-state index is -4.91. The topological polar surface area (TPSA) is 75.4 Å². The van der Waals surface area contributed by atoms with Crippen LogP contribution in [0.5, 0.6) is 0 Å². The van der Waals surface area contributed by atoms with Gasteiger partial charge in [-0.1, -0.05) is 37.6 Å². The molecule has 1 aliphatic rings. The van der Waals surface area contributed by atoms with Gasteiger partial charge in [-0.25, -0.2) is 9.48 Å². The SMILES string of the molecule is CCCC1CCCCN1C(=O)c1cccc(-c2cccc(-n3ncc(C(=O)O)c3C(F)(F)F)c2)c1. The quantitative estimate of drug-likeness (QED) is 0.461. The second-order valence-electron chi connectivity index (χ2n) is 8.69. The summed E-state index contributed by atoms with van der Waals surface area (Å²) in [5.74, 6) is -1.75. The number of rotatable bonds is 6. The van der Waals surface area contributed by atoms with Gasteiger partial charge in [0.25, 0.3) is 5.91 Å². The first kappa shape index (κ1) is 24.5. The fraction of sp³-hybridized carbons (Fsp3) is 0.346. The molecule has 1 unspecified atom stereocenters. The molecule has 9 heteroatoms. The third-order valence-electron chi connectivity index (χ3n) is 6.31. The molecular formula is C26H26F3N3O3. The molecule has 0 aliphatic carbocycles. The molecule has 1 fully saturated rings. The number of benzene rings is 2. The maximum atomic E-state index is 13.7. The summed E-state index contributed by atoms with van der Waals surface area (Å²) in [4.78, 5) is 26.6. The van der Waals surface area contributed by atoms with E-state index in [-0.39, 0.29) is 17.6 Å². The summed E-state index contributed by atoms with van der Waals surface area (Å²) in [6.07, 6.45) is 0.814. The van der Waals surface area contributed by atoms with Crippen LogP contribution in [0.25, 0.3) is 16.8 Å². The van der Waals surface area contributed by atoms with Crippen molar-refractivity contribution in [2.45, 2.75) is 51.2 Å². The van der Waals surface area contributed by atoms with E-state index in [2.05, 4.69) is 12.0 Å². The average Bonchev–Trinajstić information content (AvgIpc) is 3.31. The third kappa shape index (κ3) is 5.08. The Kier molecular flexibility index (Phi) is 6.95. The highest BCUT2D eigenvalue weighted by molar-refractivity contribution is 5.96. The molecule has 184 valence electrons. The van der Waals surface area contributed by atoms with E-state index in [1.165, 1.54) is 12.1 Å². The van der Waals surface area contributed by atoms with E-state index < -0.39 is 23.4 Å². The molecule has 0 bridgehead atoms. The number of nitrogens with zero attached hydrogens (tertiary/aromatic N) is 3. The van der Waals surface area contributed by atoms with Crippen molar-refractivity contribution in [3.63, 3.8) is 0 Å². The van der Waals surface area contributed by atoms with E-state index >= 15 is 0 Å². The van der Waals surface area contributed by atoms with Crippen molar-refractivity contribution in [1.82, 2.24) is 14.7 Å². The number of carboxylic acids is 1. The fourth-order valence-corrected chi connectivity index (χ4v) is 4.69. The lowest BCUT2D eigenvalue weighted by Crippen LogP contribution is -2.43. The van der Waals surface area contributed by atoms with Crippen LogP contribution in [0.2, 0.25) is 0 Å². The van der Waals surface area contributed by atoms with E-state index in [0.29, 0.717) is 34.1 Å². The molecule has 3 aromatic rings. The molecule has 35 heavy (non-hydrogen) atoms. The molecule has 0 saturated carbocycles. The van der Waals surface area contributed by atoms with Gasteiger partial charge in [0.15, 0.2) is 5.69 Å². The minimum absolute atomic E-state index is 0.0429. The van der Waals surface area contributed by atoms with Crippen molar-refractivity contribution < 1.29 is 27.9 Å². The zero-order chi connectivity index (χ0) is 25.2. The van der Waals surface area contributed by atoms with Gasteiger partial charge in [0, 0.05) is 18.2 Å². The number of alkyl halides is 3. The number of aromatic carboxylic acids is 1. The van der Waals surface area contributed by atoms with Crippen LogP contribution in [0.1, 0.15) is 65.4 Å². The first-order valence-corrected chi connectivity index (χ1v) is 11.6. The highest BCUT2D eigenvalue weighted by Gasteiger charge is 2.40. The molecule has 4 rings (SSSR count). The van der Waals surface area contributed by atoms with Crippen LogP contribution in [0, 0.1) is 0 Å².